The Kier molecular flexibility index (Phi) is 6.84. The number of nitrogens with one attached hydrogen (secondary N) is 2. The second kappa shape index (κ2) is 9.69. The molecular weight excluding hydrogens is 470 g/mol. The molecule has 0 aliphatic carbocycles. The van der Waals surface area contributed by atoms with Crippen LogP contribution in [0.5, 0.6) is 0 Å². The summed E-state index contributed by atoms with van der Waals surface area (Å²) < 4.78 is 7.41. The third kappa shape index (κ3) is 5.48. The summed E-state index contributed by atoms with van der Waals surface area (Å²) in [6.07, 6.45) is 2.81. The number of carbonyl (C=O) groups excluding carboxylic acids is 2. The smallest absolute Gasteiger partial charge is 0.407 e. The molecule has 3 aromatic rings. The molecule has 1 atom stereocenters. The summed E-state index contributed by atoms with van der Waals surface area (Å²) in [7, 11) is 1.96. The van der Waals surface area contributed by atoms with Gasteiger partial charge in [0.25, 0.3) is 5.91 Å². The van der Waals surface area contributed by atoms with E-state index in [0.717, 1.165) is 41.9 Å². The lowest BCUT2D eigenvalue weighted by Gasteiger charge is -2.30. The van der Waals surface area contributed by atoms with E-state index < -0.39 is 17.6 Å². The fraction of sp³-hybridized carbons (Fsp3) is 0.458. The summed E-state index contributed by atoms with van der Waals surface area (Å²) in [5.41, 5.74) is 2.75. The normalized spacial score (nSPS) is 15.9. The van der Waals surface area contributed by atoms with Crippen LogP contribution in [0.25, 0.3) is 11.0 Å². The Morgan fingerprint density at radius 3 is 2.71 bits per heavy atom. The Balaban J connectivity index is 1.67. The first kappa shape index (κ1) is 24.7. The number of imidazole rings is 1. The van der Waals surface area contributed by atoms with E-state index in [9.17, 15) is 9.59 Å². The highest BCUT2D eigenvalue weighted by atomic mass is 35.5. The van der Waals surface area contributed by atoms with E-state index in [-0.39, 0.29) is 17.0 Å². The number of carbonyl (C=O) groups is 2. The molecule has 0 bridgehead atoms. The first-order valence-electron chi connectivity index (χ1n) is 11.5. The van der Waals surface area contributed by atoms with Gasteiger partial charge in [-0.2, -0.15) is 0 Å². The zero-order valence-corrected chi connectivity index (χ0v) is 21.3. The number of amides is 2. The number of ether oxygens (including phenoxy) is 1. The van der Waals surface area contributed by atoms with Crippen LogP contribution in [-0.2, 0) is 11.8 Å². The van der Waals surface area contributed by atoms with E-state index in [0.29, 0.717) is 12.2 Å². The van der Waals surface area contributed by atoms with Crippen molar-refractivity contribution in [3.63, 3.8) is 0 Å². The maximum absolute atomic E-state index is 13.0. The number of anilines is 2. The van der Waals surface area contributed by atoms with Gasteiger partial charge in [-0.25, -0.2) is 19.7 Å². The van der Waals surface area contributed by atoms with Gasteiger partial charge in [-0.05, 0) is 70.3 Å². The molecule has 1 saturated heterocycles. The number of fused-ring (bicyclic) bond motifs is 1. The molecule has 2 aromatic heterocycles. The zero-order valence-electron chi connectivity index (χ0n) is 20.6. The number of hydrogen-bond acceptors (Lipinski definition) is 7. The maximum atomic E-state index is 13.0. The van der Waals surface area contributed by atoms with E-state index in [2.05, 4.69) is 25.5 Å². The van der Waals surface area contributed by atoms with Crippen molar-refractivity contribution in [1.29, 1.82) is 0 Å². The summed E-state index contributed by atoms with van der Waals surface area (Å²) in [6.45, 7) is 8.61. The molecule has 2 amide bonds. The number of alkyl carbamates (subject to hydrolysis) is 1. The van der Waals surface area contributed by atoms with Crippen LogP contribution in [0.15, 0.2) is 24.4 Å². The van der Waals surface area contributed by atoms with Gasteiger partial charge in [-0.3, -0.25) is 4.79 Å². The molecular formula is C24H30ClN7O3. The molecule has 0 saturated carbocycles. The highest BCUT2D eigenvalue weighted by Gasteiger charge is 2.31. The molecule has 0 spiro atoms. The Morgan fingerprint density at radius 2 is 2.00 bits per heavy atom. The number of nitrogens with zero attached hydrogens (tertiary/aromatic N) is 5. The van der Waals surface area contributed by atoms with Gasteiger partial charge in [0, 0.05) is 32.4 Å². The number of benzene rings is 1. The molecule has 0 radical (unpaired) electrons. The summed E-state index contributed by atoms with van der Waals surface area (Å²) in [5.74, 6) is 0.458. The average Bonchev–Trinajstić information content (AvgIpc) is 3.35. The minimum absolute atomic E-state index is 0.00139. The summed E-state index contributed by atoms with van der Waals surface area (Å²) in [4.78, 5) is 40.1. The summed E-state index contributed by atoms with van der Waals surface area (Å²) in [5, 5.41) is 5.87. The lowest BCUT2D eigenvalue weighted by atomic mass is 10.1. The van der Waals surface area contributed by atoms with Crippen molar-refractivity contribution in [1.82, 2.24) is 24.8 Å². The predicted octanol–water partition coefficient (Wildman–Crippen LogP) is 4.07. The van der Waals surface area contributed by atoms with Crippen LogP contribution in [0.4, 0.5) is 16.2 Å². The van der Waals surface area contributed by atoms with Crippen molar-refractivity contribution < 1.29 is 14.3 Å². The van der Waals surface area contributed by atoms with Crippen LogP contribution in [-0.4, -0.2) is 56.3 Å². The van der Waals surface area contributed by atoms with Crippen LogP contribution in [0, 0.1) is 6.92 Å². The van der Waals surface area contributed by atoms with Crippen molar-refractivity contribution in [2.24, 2.45) is 7.05 Å². The fourth-order valence-corrected chi connectivity index (χ4v) is 4.41. The van der Waals surface area contributed by atoms with E-state index in [1.165, 1.54) is 12.3 Å². The molecule has 1 aromatic carbocycles. The average molecular weight is 500 g/mol. The van der Waals surface area contributed by atoms with Gasteiger partial charge in [0.15, 0.2) is 0 Å². The van der Waals surface area contributed by atoms with Gasteiger partial charge in [0.2, 0.25) is 5.28 Å². The van der Waals surface area contributed by atoms with Crippen LogP contribution in [0.3, 0.4) is 0 Å². The largest absolute Gasteiger partial charge is 0.444 e. The van der Waals surface area contributed by atoms with Crippen LogP contribution >= 0.6 is 11.6 Å². The first-order chi connectivity index (χ1) is 16.5. The van der Waals surface area contributed by atoms with E-state index in [4.69, 9.17) is 21.3 Å². The molecule has 11 heteroatoms. The number of hydrogen-bond donors (Lipinski definition) is 2. The Hall–Kier alpha value is -3.40. The molecule has 1 aliphatic rings. The Bertz CT molecular complexity index is 1270. The number of aryl methyl sites for hydroxylation is 2. The molecule has 186 valence electrons. The third-order valence-corrected chi connectivity index (χ3v) is 6.08. The quantitative estimate of drug-likeness (QED) is 0.508. The topological polar surface area (TPSA) is 114 Å². The minimum Gasteiger partial charge on any atom is -0.444 e. The Morgan fingerprint density at radius 1 is 1.23 bits per heavy atom. The SMILES string of the molecule is Cc1nc2c(N3CCC[C@H]3CNC(=O)OC(C)(C)C)c(NC(=O)c3ccnc(Cl)n3)ccc2n1C. The van der Waals surface area contributed by atoms with Gasteiger partial charge >= 0.3 is 6.09 Å². The number of rotatable bonds is 5. The molecule has 35 heavy (non-hydrogen) atoms. The van der Waals surface area contributed by atoms with Crippen LogP contribution < -0.4 is 15.5 Å². The predicted molar refractivity (Wildman–Crippen MR) is 135 cm³/mol. The molecule has 3 heterocycles. The molecule has 4 rings (SSSR count). The molecule has 2 N–H and O–H groups in total. The van der Waals surface area contributed by atoms with E-state index in [1.54, 1.807) is 0 Å². The lowest BCUT2D eigenvalue weighted by molar-refractivity contribution is 0.0524. The standard InChI is InChI=1S/C24H30ClN7O3/c1-14-28-19-18(31(14)5)9-8-16(29-21(33)17-10-11-26-22(25)30-17)20(19)32-12-6-7-15(32)13-27-23(34)35-24(2,3)4/h8-11,15H,6-7,12-13H2,1-5H3,(H,27,34)(H,29,33)/t15-/m0/s1. The molecule has 0 unspecified atom stereocenters. The van der Waals surface area contributed by atoms with Crippen LogP contribution in [0.1, 0.15) is 49.9 Å². The van der Waals surface area contributed by atoms with Crippen molar-refractivity contribution in [2.45, 2.75) is 52.2 Å². The third-order valence-electron chi connectivity index (χ3n) is 5.90. The molecule has 1 aliphatic heterocycles. The van der Waals surface area contributed by atoms with E-state index in [1.807, 2.05) is 51.4 Å². The van der Waals surface area contributed by atoms with Gasteiger partial charge in [0.1, 0.15) is 22.6 Å². The minimum atomic E-state index is -0.572. The van der Waals surface area contributed by atoms with Crippen molar-refractivity contribution in [3.8, 4) is 0 Å². The maximum Gasteiger partial charge on any atom is 0.407 e. The highest BCUT2D eigenvalue weighted by Crippen LogP contribution is 2.38. The van der Waals surface area contributed by atoms with Crippen LogP contribution in [0.2, 0.25) is 5.28 Å². The van der Waals surface area contributed by atoms with Gasteiger partial charge in [0.05, 0.1) is 16.9 Å². The van der Waals surface area contributed by atoms with Gasteiger partial charge < -0.3 is 24.8 Å². The molecule has 10 nitrogen and oxygen atoms in total. The second-order valence-electron chi connectivity index (χ2n) is 9.58. The second-order valence-corrected chi connectivity index (χ2v) is 9.92. The highest BCUT2D eigenvalue weighted by molar-refractivity contribution is 6.28. The number of aromatic nitrogens is 4. The summed E-state index contributed by atoms with van der Waals surface area (Å²) >= 11 is 5.88. The fourth-order valence-electron chi connectivity index (χ4n) is 4.26. The van der Waals surface area contributed by atoms with Gasteiger partial charge in [-0.1, -0.05) is 0 Å². The van der Waals surface area contributed by atoms with Crippen molar-refractivity contribution >= 4 is 46.0 Å². The Labute approximate surface area is 209 Å². The van der Waals surface area contributed by atoms with Gasteiger partial charge in [-0.15, -0.1) is 0 Å². The number of halogens is 1. The summed E-state index contributed by atoms with van der Waals surface area (Å²) in [6, 6.07) is 5.33. The van der Waals surface area contributed by atoms with E-state index >= 15 is 0 Å². The lowest BCUT2D eigenvalue weighted by Crippen LogP contribution is -2.42. The monoisotopic (exact) mass is 499 g/mol. The van der Waals surface area contributed by atoms with Crippen molar-refractivity contribution in [2.75, 3.05) is 23.3 Å². The first-order valence-corrected chi connectivity index (χ1v) is 11.9. The zero-order chi connectivity index (χ0) is 25.3. The molecule has 1 fully saturated rings. The van der Waals surface area contributed by atoms with Crippen molar-refractivity contribution in [3.05, 3.63) is 41.2 Å².